The normalized spacial score (nSPS) is 11.8. The highest BCUT2D eigenvalue weighted by atomic mass is 32.1. The molecule has 1 amide bonds. The zero-order valence-electron chi connectivity index (χ0n) is 10.4. The van der Waals surface area contributed by atoms with Crippen molar-refractivity contribution >= 4 is 23.1 Å². The Morgan fingerprint density at radius 3 is 2.53 bits per heavy atom. The molecule has 0 bridgehead atoms. The predicted octanol–water partition coefficient (Wildman–Crippen LogP) is 2.35. The highest BCUT2D eigenvalue weighted by molar-refractivity contribution is 7.80. The van der Waals surface area contributed by atoms with E-state index in [4.69, 9.17) is 22.4 Å². The Morgan fingerprint density at radius 2 is 2.00 bits per heavy atom. The average molecular weight is 274 g/mol. The molecule has 5 heteroatoms. The van der Waals surface area contributed by atoms with Crippen molar-refractivity contribution in [2.24, 2.45) is 5.73 Å². The lowest BCUT2D eigenvalue weighted by Gasteiger charge is -2.17. The summed E-state index contributed by atoms with van der Waals surface area (Å²) < 4.78 is 5.11. The van der Waals surface area contributed by atoms with E-state index in [0.717, 1.165) is 5.56 Å². The van der Waals surface area contributed by atoms with Gasteiger partial charge in [0.1, 0.15) is 16.8 Å². The van der Waals surface area contributed by atoms with E-state index in [9.17, 15) is 4.79 Å². The maximum absolute atomic E-state index is 12.1. The second kappa shape index (κ2) is 5.67. The molecule has 0 spiro atoms. The average Bonchev–Trinajstić information content (AvgIpc) is 2.82. The fraction of sp³-hybridized carbons (Fsp3) is 0.143. The van der Waals surface area contributed by atoms with Crippen molar-refractivity contribution in [2.45, 2.75) is 13.0 Å². The van der Waals surface area contributed by atoms with Crippen molar-refractivity contribution in [3.63, 3.8) is 0 Å². The molecule has 2 aromatic rings. The molecule has 2 rings (SSSR count). The summed E-state index contributed by atoms with van der Waals surface area (Å²) in [4.78, 5) is 12.4. The van der Waals surface area contributed by atoms with Crippen LogP contribution in [0, 0.1) is 6.92 Å². The van der Waals surface area contributed by atoms with Gasteiger partial charge in [-0.05, 0) is 18.6 Å². The van der Waals surface area contributed by atoms with Crippen LogP contribution in [0.4, 0.5) is 0 Å². The molecule has 0 radical (unpaired) electrons. The summed E-state index contributed by atoms with van der Waals surface area (Å²) in [6.07, 6.45) is 1.47. The maximum atomic E-state index is 12.1. The number of nitrogens with one attached hydrogen (secondary N) is 1. The van der Waals surface area contributed by atoms with E-state index in [1.807, 2.05) is 30.3 Å². The quantitative estimate of drug-likeness (QED) is 0.840. The van der Waals surface area contributed by atoms with Crippen LogP contribution in [-0.4, -0.2) is 10.9 Å². The van der Waals surface area contributed by atoms with E-state index in [2.05, 4.69) is 5.32 Å². The molecule has 1 aromatic heterocycles. The number of hydrogen-bond acceptors (Lipinski definition) is 3. The van der Waals surface area contributed by atoms with Crippen LogP contribution in [0.2, 0.25) is 0 Å². The summed E-state index contributed by atoms with van der Waals surface area (Å²) in [5.41, 5.74) is 7.04. The van der Waals surface area contributed by atoms with Gasteiger partial charge >= 0.3 is 0 Å². The van der Waals surface area contributed by atoms with E-state index in [-0.39, 0.29) is 10.9 Å². The van der Waals surface area contributed by atoms with Gasteiger partial charge in [0.25, 0.3) is 5.91 Å². The first-order valence-electron chi connectivity index (χ1n) is 5.79. The van der Waals surface area contributed by atoms with Crippen molar-refractivity contribution < 1.29 is 9.21 Å². The summed E-state index contributed by atoms with van der Waals surface area (Å²) in [5.74, 6) is 0.306. The van der Waals surface area contributed by atoms with E-state index in [1.165, 1.54) is 6.26 Å². The van der Waals surface area contributed by atoms with Gasteiger partial charge in [-0.1, -0.05) is 42.5 Å². The summed E-state index contributed by atoms with van der Waals surface area (Å²) in [5, 5.41) is 2.81. The predicted molar refractivity (Wildman–Crippen MR) is 76.9 cm³/mol. The third-order valence-electron chi connectivity index (χ3n) is 2.80. The van der Waals surface area contributed by atoms with Gasteiger partial charge in [0, 0.05) is 0 Å². The first-order valence-corrected chi connectivity index (χ1v) is 6.19. The largest absolute Gasteiger partial charge is 0.469 e. The fourth-order valence-corrected chi connectivity index (χ4v) is 1.99. The molecule has 0 aliphatic rings. The third kappa shape index (κ3) is 3.00. The Bertz CT molecular complexity index is 593. The zero-order valence-corrected chi connectivity index (χ0v) is 11.2. The van der Waals surface area contributed by atoms with Gasteiger partial charge in [-0.2, -0.15) is 0 Å². The molecule has 1 heterocycles. The van der Waals surface area contributed by atoms with Gasteiger partial charge in [-0.3, -0.25) is 4.79 Å². The Balaban J connectivity index is 2.21. The first-order chi connectivity index (χ1) is 9.09. The minimum absolute atomic E-state index is 0.223. The van der Waals surface area contributed by atoms with Gasteiger partial charge in [-0.15, -0.1) is 0 Å². The number of furan rings is 1. The SMILES string of the molecule is Cc1occc1C(=O)NC(C(N)=S)c1ccccc1. The van der Waals surface area contributed by atoms with Gasteiger partial charge in [0.2, 0.25) is 0 Å². The number of thiocarbonyl (C=S) groups is 1. The first kappa shape index (κ1) is 13.3. The van der Waals surface area contributed by atoms with Crippen LogP contribution in [0.15, 0.2) is 47.1 Å². The van der Waals surface area contributed by atoms with Crippen molar-refractivity contribution in [2.75, 3.05) is 0 Å². The molecular formula is C14H14N2O2S. The van der Waals surface area contributed by atoms with E-state index < -0.39 is 6.04 Å². The lowest BCUT2D eigenvalue weighted by molar-refractivity contribution is 0.0945. The van der Waals surface area contributed by atoms with Crippen LogP contribution in [0.3, 0.4) is 0 Å². The number of carbonyl (C=O) groups excluding carboxylic acids is 1. The number of rotatable bonds is 4. The molecule has 0 saturated heterocycles. The van der Waals surface area contributed by atoms with Crippen molar-refractivity contribution in [1.82, 2.24) is 5.32 Å². The van der Waals surface area contributed by atoms with Gasteiger partial charge in [-0.25, -0.2) is 0 Å². The second-order valence-corrected chi connectivity index (χ2v) is 4.58. The third-order valence-corrected chi connectivity index (χ3v) is 3.03. The van der Waals surface area contributed by atoms with E-state index in [1.54, 1.807) is 13.0 Å². The molecule has 19 heavy (non-hydrogen) atoms. The number of aryl methyl sites for hydroxylation is 1. The van der Waals surface area contributed by atoms with Gasteiger partial charge in [0.05, 0.1) is 11.8 Å². The molecule has 0 fully saturated rings. The van der Waals surface area contributed by atoms with Gasteiger partial charge < -0.3 is 15.5 Å². The lowest BCUT2D eigenvalue weighted by atomic mass is 10.1. The molecule has 1 aromatic carbocycles. The lowest BCUT2D eigenvalue weighted by Crippen LogP contribution is -2.36. The Labute approximate surface area is 116 Å². The topological polar surface area (TPSA) is 68.3 Å². The van der Waals surface area contributed by atoms with Crippen LogP contribution in [0.1, 0.15) is 27.7 Å². The molecule has 0 aliphatic heterocycles. The minimum atomic E-state index is -0.488. The van der Waals surface area contributed by atoms with Crippen LogP contribution in [-0.2, 0) is 0 Å². The molecule has 4 nitrogen and oxygen atoms in total. The number of nitrogens with two attached hydrogens (primary N) is 1. The Kier molecular flexibility index (Phi) is 3.97. The summed E-state index contributed by atoms with van der Waals surface area (Å²) >= 11 is 5.02. The van der Waals surface area contributed by atoms with E-state index in [0.29, 0.717) is 11.3 Å². The highest BCUT2D eigenvalue weighted by Crippen LogP contribution is 2.15. The number of benzene rings is 1. The summed E-state index contributed by atoms with van der Waals surface area (Å²) in [7, 11) is 0. The molecule has 0 aliphatic carbocycles. The van der Waals surface area contributed by atoms with Crippen molar-refractivity contribution in [3.05, 3.63) is 59.5 Å². The summed E-state index contributed by atoms with van der Waals surface area (Å²) in [6.45, 7) is 1.73. The fourth-order valence-electron chi connectivity index (χ4n) is 1.79. The van der Waals surface area contributed by atoms with Gasteiger partial charge in [0.15, 0.2) is 0 Å². The van der Waals surface area contributed by atoms with Crippen molar-refractivity contribution in [3.8, 4) is 0 Å². The summed E-state index contributed by atoms with van der Waals surface area (Å²) in [6, 6.07) is 10.5. The molecule has 3 N–H and O–H groups in total. The Hall–Kier alpha value is -2.14. The van der Waals surface area contributed by atoms with Crippen LogP contribution >= 0.6 is 12.2 Å². The van der Waals surface area contributed by atoms with Crippen LogP contribution in [0.25, 0.3) is 0 Å². The molecule has 0 saturated carbocycles. The molecule has 1 unspecified atom stereocenters. The highest BCUT2D eigenvalue weighted by Gasteiger charge is 2.19. The standard InChI is InChI=1S/C14H14N2O2S/c1-9-11(7-8-18-9)14(17)16-12(13(15)19)10-5-3-2-4-6-10/h2-8,12H,1H3,(H2,15,19)(H,16,17). The monoisotopic (exact) mass is 274 g/mol. The molecular weight excluding hydrogens is 260 g/mol. The number of carbonyl (C=O) groups is 1. The molecule has 1 atom stereocenters. The minimum Gasteiger partial charge on any atom is -0.469 e. The maximum Gasteiger partial charge on any atom is 0.255 e. The Morgan fingerprint density at radius 1 is 1.32 bits per heavy atom. The van der Waals surface area contributed by atoms with Crippen LogP contribution in [0.5, 0.6) is 0 Å². The smallest absolute Gasteiger partial charge is 0.255 e. The number of hydrogen-bond donors (Lipinski definition) is 2. The zero-order chi connectivity index (χ0) is 13.8. The molecule has 98 valence electrons. The van der Waals surface area contributed by atoms with Crippen LogP contribution < -0.4 is 11.1 Å². The second-order valence-electron chi connectivity index (χ2n) is 4.11. The number of amides is 1. The van der Waals surface area contributed by atoms with E-state index >= 15 is 0 Å². The van der Waals surface area contributed by atoms with Crippen molar-refractivity contribution in [1.29, 1.82) is 0 Å².